The molecule has 3 aromatic heterocycles. The van der Waals surface area contributed by atoms with Gasteiger partial charge < -0.3 is 14.0 Å². The van der Waals surface area contributed by atoms with Gasteiger partial charge in [-0.3, -0.25) is 9.55 Å². The second kappa shape index (κ2) is 8.03. The maximum absolute atomic E-state index is 13.3. The van der Waals surface area contributed by atoms with Gasteiger partial charge in [0.1, 0.15) is 11.8 Å². The first-order valence-corrected chi connectivity index (χ1v) is 12.0. The fourth-order valence-corrected chi connectivity index (χ4v) is 5.85. The lowest BCUT2D eigenvalue weighted by molar-refractivity contribution is 0.291. The number of benzene rings is 2. The highest BCUT2D eigenvalue weighted by molar-refractivity contribution is 5.98. The topological polar surface area (TPSA) is 74.7 Å². The van der Waals surface area contributed by atoms with E-state index < -0.39 is 0 Å². The largest absolute Gasteiger partial charge is 0.348 e. The molecule has 0 saturated heterocycles. The smallest absolute Gasteiger partial charge is 0.331 e. The minimum absolute atomic E-state index is 0.281. The average molecular weight is 465 g/mol. The van der Waals surface area contributed by atoms with Crippen LogP contribution >= 0.6 is 0 Å². The molecule has 7 heteroatoms. The third-order valence-electron chi connectivity index (χ3n) is 7.62. The predicted octanol–water partition coefficient (Wildman–Crippen LogP) is 4.81. The van der Waals surface area contributed by atoms with Crippen molar-refractivity contribution in [3.63, 3.8) is 0 Å². The van der Waals surface area contributed by atoms with E-state index in [0.717, 1.165) is 52.3 Å². The third-order valence-corrected chi connectivity index (χ3v) is 7.62. The lowest BCUT2D eigenvalue weighted by atomic mass is 10.1. The van der Waals surface area contributed by atoms with E-state index in [0.29, 0.717) is 17.8 Å². The van der Waals surface area contributed by atoms with Crippen molar-refractivity contribution < 1.29 is 0 Å². The molecule has 0 amide bonds. The second-order valence-electron chi connectivity index (χ2n) is 9.79. The predicted molar refractivity (Wildman–Crippen MR) is 139 cm³/mol. The van der Waals surface area contributed by atoms with Crippen LogP contribution in [0.3, 0.4) is 0 Å². The summed E-state index contributed by atoms with van der Waals surface area (Å²) >= 11 is 0. The minimum atomic E-state index is -0.307. The standard InChI is InChI=1S/C28H28N6O/c1-31(2)18-12-13-19(14-18)33-16-22(20-8-4-7-11-25(20)33)27-23(15-29)30-28(35)34(27)26-17-32(3)24-10-6-5-9-21(24)26/h4-11,16-19H,12-14H2,1-3H3,(H,30,35)/t18-,19-/m0/s1. The number of nitriles is 1. The summed E-state index contributed by atoms with van der Waals surface area (Å²) in [6.07, 6.45) is 7.46. The van der Waals surface area contributed by atoms with E-state index in [4.69, 9.17) is 0 Å². The van der Waals surface area contributed by atoms with Crippen LogP contribution < -0.4 is 5.69 Å². The molecule has 1 saturated carbocycles. The number of imidazole rings is 1. The van der Waals surface area contributed by atoms with Crippen LogP contribution in [0, 0.1) is 11.3 Å². The molecular formula is C28H28N6O. The molecule has 1 fully saturated rings. The van der Waals surface area contributed by atoms with Crippen LogP contribution in [0.5, 0.6) is 0 Å². The molecule has 2 aromatic carbocycles. The van der Waals surface area contributed by atoms with Crippen molar-refractivity contribution in [3.8, 4) is 23.0 Å². The van der Waals surface area contributed by atoms with Crippen LogP contribution in [0.4, 0.5) is 0 Å². The quantitative estimate of drug-likeness (QED) is 0.415. The molecule has 0 spiro atoms. The number of aromatic amines is 1. The number of hydrogen-bond acceptors (Lipinski definition) is 3. The van der Waals surface area contributed by atoms with Crippen LogP contribution in [0.15, 0.2) is 65.7 Å². The first-order chi connectivity index (χ1) is 17.0. The van der Waals surface area contributed by atoms with Gasteiger partial charge in [-0.1, -0.05) is 36.4 Å². The van der Waals surface area contributed by atoms with Crippen LogP contribution in [0.25, 0.3) is 38.8 Å². The molecule has 6 rings (SSSR count). The Hall–Kier alpha value is -4.02. The summed E-state index contributed by atoms with van der Waals surface area (Å²) in [7, 11) is 6.27. The molecule has 0 bridgehead atoms. The third kappa shape index (κ3) is 3.25. The number of H-pyrrole nitrogens is 1. The molecule has 0 radical (unpaired) electrons. The molecule has 1 N–H and O–H groups in total. The lowest BCUT2D eigenvalue weighted by Gasteiger charge is -2.19. The molecule has 0 unspecified atom stereocenters. The Kier molecular flexibility index (Phi) is 4.94. The Morgan fingerprint density at radius 1 is 1.00 bits per heavy atom. The van der Waals surface area contributed by atoms with Gasteiger partial charge >= 0.3 is 5.69 Å². The molecule has 35 heavy (non-hydrogen) atoms. The zero-order valence-electron chi connectivity index (χ0n) is 20.2. The van der Waals surface area contributed by atoms with Gasteiger partial charge in [0.25, 0.3) is 0 Å². The zero-order valence-corrected chi connectivity index (χ0v) is 20.2. The summed E-state index contributed by atoms with van der Waals surface area (Å²) in [5, 5.41) is 12.0. The molecule has 2 atom stereocenters. The highest BCUT2D eigenvalue weighted by atomic mass is 16.1. The molecular weight excluding hydrogens is 436 g/mol. The van der Waals surface area contributed by atoms with E-state index in [1.807, 2.05) is 48.1 Å². The SMILES string of the molecule is CN(C)[C@H]1CC[C@H](n2cc(-c3c(C#N)[nH]c(=O)n3-c3cn(C)c4ccccc34)c3ccccc32)C1. The summed E-state index contributed by atoms with van der Waals surface area (Å²) in [5.41, 5.74) is 4.42. The highest BCUT2D eigenvalue weighted by Gasteiger charge is 2.30. The fourth-order valence-electron chi connectivity index (χ4n) is 5.85. The molecule has 5 aromatic rings. The van der Waals surface area contributed by atoms with Crippen LogP contribution in [0.1, 0.15) is 31.0 Å². The molecule has 1 aliphatic rings. The van der Waals surface area contributed by atoms with Crippen molar-refractivity contribution in [1.82, 2.24) is 23.6 Å². The summed E-state index contributed by atoms with van der Waals surface area (Å²) in [4.78, 5) is 18.4. The molecule has 7 nitrogen and oxygen atoms in total. The molecule has 176 valence electrons. The van der Waals surface area contributed by atoms with Gasteiger partial charge in [0.2, 0.25) is 0 Å². The van der Waals surface area contributed by atoms with Crippen molar-refractivity contribution in [2.45, 2.75) is 31.3 Å². The number of aryl methyl sites for hydroxylation is 1. The van der Waals surface area contributed by atoms with Gasteiger partial charge in [0, 0.05) is 58.9 Å². The van der Waals surface area contributed by atoms with E-state index in [9.17, 15) is 10.1 Å². The van der Waals surface area contributed by atoms with Gasteiger partial charge in [0.05, 0.1) is 11.4 Å². The first-order valence-electron chi connectivity index (χ1n) is 12.0. The van der Waals surface area contributed by atoms with Crippen molar-refractivity contribution in [1.29, 1.82) is 5.26 Å². The van der Waals surface area contributed by atoms with Gasteiger partial charge in [-0.25, -0.2) is 4.79 Å². The fraction of sp³-hybridized carbons (Fsp3) is 0.286. The van der Waals surface area contributed by atoms with Gasteiger partial charge in [0.15, 0.2) is 0 Å². The number of hydrogen-bond donors (Lipinski definition) is 1. The minimum Gasteiger partial charge on any atom is -0.348 e. The maximum atomic E-state index is 13.3. The number of para-hydroxylation sites is 2. The number of rotatable bonds is 4. The number of nitrogens with zero attached hydrogens (tertiary/aromatic N) is 5. The van der Waals surface area contributed by atoms with E-state index in [-0.39, 0.29) is 11.4 Å². The number of nitrogens with one attached hydrogen (secondary N) is 1. The van der Waals surface area contributed by atoms with Crippen molar-refractivity contribution in [3.05, 3.63) is 77.1 Å². The van der Waals surface area contributed by atoms with Gasteiger partial charge in [-0.05, 0) is 45.5 Å². The summed E-state index contributed by atoms with van der Waals surface area (Å²) < 4.78 is 6.05. The zero-order chi connectivity index (χ0) is 24.3. The van der Waals surface area contributed by atoms with Crippen molar-refractivity contribution >= 4 is 21.8 Å². The first kappa shape index (κ1) is 21.5. The Bertz CT molecular complexity index is 1670. The van der Waals surface area contributed by atoms with Crippen LogP contribution in [-0.4, -0.2) is 43.7 Å². The normalized spacial score (nSPS) is 18.1. The number of aromatic nitrogens is 4. The summed E-state index contributed by atoms with van der Waals surface area (Å²) in [6.45, 7) is 0. The Morgan fingerprint density at radius 3 is 2.43 bits per heavy atom. The average Bonchev–Trinajstić information content (AvgIpc) is 3.62. The Morgan fingerprint density at radius 2 is 1.71 bits per heavy atom. The van der Waals surface area contributed by atoms with Crippen LogP contribution in [-0.2, 0) is 7.05 Å². The Balaban J connectivity index is 1.61. The van der Waals surface area contributed by atoms with E-state index >= 15 is 0 Å². The second-order valence-corrected chi connectivity index (χ2v) is 9.79. The monoisotopic (exact) mass is 464 g/mol. The van der Waals surface area contributed by atoms with Gasteiger partial charge in [-0.2, -0.15) is 5.26 Å². The Labute approximate surface area is 203 Å². The maximum Gasteiger partial charge on any atom is 0.331 e. The summed E-state index contributed by atoms with van der Waals surface area (Å²) in [5.74, 6) is 0. The molecule has 1 aliphatic carbocycles. The van der Waals surface area contributed by atoms with Crippen LogP contribution in [0.2, 0.25) is 0 Å². The van der Waals surface area contributed by atoms with E-state index in [1.54, 1.807) is 4.57 Å². The summed E-state index contributed by atoms with van der Waals surface area (Å²) in [6, 6.07) is 19.5. The van der Waals surface area contributed by atoms with Crippen molar-refractivity contribution in [2.24, 2.45) is 7.05 Å². The van der Waals surface area contributed by atoms with E-state index in [2.05, 4.69) is 59.0 Å². The van der Waals surface area contributed by atoms with E-state index in [1.165, 1.54) is 0 Å². The molecule has 3 heterocycles. The molecule has 0 aliphatic heterocycles. The number of fused-ring (bicyclic) bond motifs is 2. The van der Waals surface area contributed by atoms with Gasteiger partial charge in [-0.15, -0.1) is 0 Å². The highest BCUT2D eigenvalue weighted by Crippen LogP contribution is 2.40. The lowest BCUT2D eigenvalue weighted by Crippen LogP contribution is -2.25. The van der Waals surface area contributed by atoms with Crippen molar-refractivity contribution in [2.75, 3.05) is 14.1 Å².